The summed E-state index contributed by atoms with van der Waals surface area (Å²) in [5.41, 5.74) is 0.957. The van der Waals surface area contributed by atoms with E-state index in [1.54, 1.807) is 12.1 Å². The molecule has 0 aliphatic rings. The van der Waals surface area contributed by atoms with Crippen LogP contribution >= 0.6 is 23.2 Å². The highest BCUT2D eigenvalue weighted by molar-refractivity contribution is 6.41. The molecule has 0 fully saturated rings. The Balaban J connectivity index is 2.02. The molecule has 0 saturated heterocycles. The lowest BCUT2D eigenvalue weighted by Crippen LogP contribution is -2.12. The number of carbonyl (C=O) groups is 1. The Kier molecular flexibility index (Phi) is 5.53. The van der Waals surface area contributed by atoms with Gasteiger partial charge in [0.25, 0.3) is 5.91 Å². The first-order valence-corrected chi connectivity index (χ1v) is 7.44. The number of anilines is 1. The Morgan fingerprint density at radius 3 is 2.81 bits per heavy atom. The number of aromatic nitrogens is 1. The van der Waals surface area contributed by atoms with Crippen molar-refractivity contribution in [2.45, 2.75) is 19.8 Å². The van der Waals surface area contributed by atoms with Gasteiger partial charge in [0.15, 0.2) is 0 Å². The largest absolute Gasteiger partial charge is 0.494 e. The van der Waals surface area contributed by atoms with E-state index < -0.39 is 0 Å². The number of hydrogen-bond acceptors (Lipinski definition) is 2. The lowest BCUT2D eigenvalue weighted by atomic mass is 10.3. The third-order valence-electron chi connectivity index (χ3n) is 2.83. The lowest BCUT2D eigenvalue weighted by molar-refractivity contribution is 0.102. The standard InChI is InChI=1S/C15H16Cl2N2O2/c1-2-3-7-21-11-6-4-5-10(8-11)18-15(20)13-9-12(16)14(17)19-13/h4-6,8-9,19H,2-3,7H2,1H3,(H,18,20). The molecule has 2 rings (SSSR count). The predicted octanol–water partition coefficient (Wildman–Crippen LogP) is 4.75. The minimum Gasteiger partial charge on any atom is -0.494 e. The third-order valence-corrected chi connectivity index (χ3v) is 3.52. The van der Waals surface area contributed by atoms with Gasteiger partial charge < -0.3 is 15.0 Å². The van der Waals surface area contributed by atoms with E-state index in [1.807, 2.05) is 12.1 Å². The first kappa shape index (κ1) is 15.7. The molecule has 0 aliphatic carbocycles. The number of rotatable bonds is 6. The fourth-order valence-corrected chi connectivity index (χ4v) is 2.04. The minimum atomic E-state index is -0.311. The van der Waals surface area contributed by atoms with Crippen LogP contribution in [0.3, 0.4) is 0 Å². The van der Waals surface area contributed by atoms with Crippen LogP contribution in [-0.4, -0.2) is 17.5 Å². The van der Waals surface area contributed by atoms with Crippen LogP contribution in [0.1, 0.15) is 30.3 Å². The second-order valence-corrected chi connectivity index (χ2v) is 5.31. The monoisotopic (exact) mass is 326 g/mol. The second-order valence-electron chi connectivity index (χ2n) is 4.53. The zero-order valence-electron chi connectivity index (χ0n) is 11.6. The Labute approximate surface area is 133 Å². The summed E-state index contributed by atoms with van der Waals surface area (Å²) >= 11 is 11.6. The smallest absolute Gasteiger partial charge is 0.272 e. The fourth-order valence-electron chi connectivity index (χ4n) is 1.72. The summed E-state index contributed by atoms with van der Waals surface area (Å²) in [5.74, 6) is 0.415. The van der Waals surface area contributed by atoms with E-state index in [0.717, 1.165) is 18.6 Å². The van der Waals surface area contributed by atoms with Crippen molar-refractivity contribution in [2.24, 2.45) is 0 Å². The summed E-state index contributed by atoms with van der Waals surface area (Å²) in [5, 5.41) is 3.33. The van der Waals surface area contributed by atoms with Crippen molar-refractivity contribution in [2.75, 3.05) is 11.9 Å². The van der Waals surface area contributed by atoms with Gasteiger partial charge in [-0.1, -0.05) is 42.6 Å². The van der Waals surface area contributed by atoms with E-state index in [1.165, 1.54) is 6.07 Å². The molecule has 0 radical (unpaired) electrons. The highest BCUT2D eigenvalue weighted by Gasteiger charge is 2.12. The van der Waals surface area contributed by atoms with Crippen LogP contribution in [-0.2, 0) is 0 Å². The Morgan fingerprint density at radius 1 is 1.33 bits per heavy atom. The molecule has 0 bridgehead atoms. The van der Waals surface area contributed by atoms with Crippen LogP contribution in [0.15, 0.2) is 30.3 Å². The highest BCUT2D eigenvalue weighted by atomic mass is 35.5. The molecule has 1 aromatic heterocycles. The van der Waals surface area contributed by atoms with Crippen LogP contribution in [0.25, 0.3) is 0 Å². The molecule has 0 spiro atoms. The first-order valence-electron chi connectivity index (χ1n) is 6.68. The summed E-state index contributed by atoms with van der Waals surface area (Å²) in [6, 6.07) is 8.73. The van der Waals surface area contributed by atoms with E-state index in [0.29, 0.717) is 23.0 Å². The van der Waals surface area contributed by atoms with Crippen LogP contribution in [0.2, 0.25) is 10.2 Å². The lowest BCUT2D eigenvalue weighted by Gasteiger charge is -2.08. The number of ether oxygens (including phenoxy) is 1. The van der Waals surface area contributed by atoms with E-state index in [2.05, 4.69) is 17.2 Å². The summed E-state index contributed by atoms with van der Waals surface area (Å²) in [6.07, 6.45) is 2.07. The number of hydrogen-bond donors (Lipinski definition) is 2. The van der Waals surface area contributed by atoms with Crippen LogP contribution in [0, 0.1) is 0 Å². The number of carbonyl (C=O) groups excluding carboxylic acids is 1. The van der Waals surface area contributed by atoms with Gasteiger partial charge in [-0.05, 0) is 24.6 Å². The summed E-state index contributed by atoms with van der Waals surface area (Å²) in [7, 11) is 0. The molecule has 4 nitrogen and oxygen atoms in total. The number of halogens is 2. The molecule has 1 amide bonds. The van der Waals surface area contributed by atoms with Gasteiger partial charge in [-0.2, -0.15) is 0 Å². The van der Waals surface area contributed by atoms with E-state index in [-0.39, 0.29) is 11.1 Å². The van der Waals surface area contributed by atoms with Crippen LogP contribution in [0.4, 0.5) is 5.69 Å². The van der Waals surface area contributed by atoms with Gasteiger partial charge in [-0.15, -0.1) is 0 Å². The number of benzene rings is 1. The van der Waals surface area contributed by atoms with Crippen molar-refractivity contribution in [3.63, 3.8) is 0 Å². The van der Waals surface area contributed by atoms with Crippen LogP contribution < -0.4 is 10.1 Å². The minimum absolute atomic E-state index is 0.249. The third kappa shape index (κ3) is 4.41. The quantitative estimate of drug-likeness (QED) is 0.752. The predicted molar refractivity (Wildman–Crippen MR) is 85.6 cm³/mol. The average molecular weight is 327 g/mol. The summed E-state index contributed by atoms with van der Waals surface area (Å²) < 4.78 is 5.60. The number of unbranched alkanes of at least 4 members (excludes halogenated alkanes) is 1. The van der Waals surface area contributed by atoms with E-state index >= 15 is 0 Å². The van der Waals surface area contributed by atoms with Gasteiger partial charge >= 0.3 is 0 Å². The molecule has 6 heteroatoms. The maximum Gasteiger partial charge on any atom is 0.272 e. The second kappa shape index (κ2) is 7.38. The van der Waals surface area contributed by atoms with Crippen molar-refractivity contribution in [3.05, 3.63) is 46.2 Å². The molecule has 1 aromatic carbocycles. The van der Waals surface area contributed by atoms with E-state index in [4.69, 9.17) is 27.9 Å². The van der Waals surface area contributed by atoms with Crippen molar-refractivity contribution in [1.29, 1.82) is 0 Å². The molecule has 0 saturated carbocycles. The molecule has 1 heterocycles. The van der Waals surface area contributed by atoms with Gasteiger partial charge in [-0.3, -0.25) is 4.79 Å². The van der Waals surface area contributed by atoms with E-state index in [9.17, 15) is 4.79 Å². The van der Waals surface area contributed by atoms with Crippen molar-refractivity contribution in [3.8, 4) is 5.75 Å². The Morgan fingerprint density at radius 2 is 2.14 bits per heavy atom. The van der Waals surface area contributed by atoms with Crippen molar-refractivity contribution in [1.82, 2.24) is 4.98 Å². The van der Waals surface area contributed by atoms with Gasteiger partial charge in [0.1, 0.15) is 16.6 Å². The van der Waals surface area contributed by atoms with Crippen LogP contribution in [0.5, 0.6) is 5.75 Å². The molecule has 21 heavy (non-hydrogen) atoms. The normalized spacial score (nSPS) is 10.4. The topological polar surface area (TPSA) is 54.1 Å². The SMILES string of the molecule is CCCCOc1cccc(NC(=O)c2cc(Cl)c(Cl)[nH]2)c1. The molecular weight excluding hydrogens is 311 g/mol. The maximum absolute atomic E-state index is 12.1. The van der Waals surface area contributed by atoms with Crippen molar-refractivity contribution >= 4 is 34.8 Å². The average Bonchev–Trinajstić information content (AvgIpc) is 2.80. The molecule has 0 atom stereocenters. The zero-order valence-corrected chi connectivity index (χ0v) is 13.1. The number of nitrogens with one attached hydrogen (secondary N) is 2. The van der Waals surface area contributed by atoms with Gasteiger partial charge in [0.05, 0.1) is 11.6 Å². The van der Waals surface area contributed by atoms with Gasteiger partial charge in [-0.25, -0.2) is 0 Å². The first-order chi connectivity index (χ1) is 10.1. The number of aromatic amines is 1. The number of H-pyrrole nitrogens is 1. The van der Waals surface area contributed by atoms with Crippen molar-refractivity contribution < 1.29 is 9.53 Å². The highest BCUT2D eigenvalue weighted by Crippen LogP contribution is 2.23. The Hall–Kier alpha value is -1.65. The molecule has 2 aromatic rings. The van der Waals surface area contributed by atoms with Gasteiger partial charge in [0.2, 0.25) is 0 Å². The van der Waals surface area contributed by atoms with Gasteiger partial charge in [0, 0.05) is 11.8 Å². The fraction of sp³-hybridized carbons (Fsp3) is 0.267. The molecule has 2 N–H and O–H groups in total. The molecule has 0 unspecified atom stereocenters. The summed E-state index contributed by atoms with van der Waals surface area (Å²) in [6.45, 7) is 2.77. The zero-order chi connectivity index (χ0) is 15.2. The molecule has 0 aliphatic heterocycles. The molecule has 112 valence electrons. The summed E-state index contributed by atoms with van der Waals surface area (Å²) in [4.78, 5) is 14.8. The maximum atomic E-state index is 12.1. The molecular formula is C15H16Cl2N2O2. The Bertz CT molecular complexity index is 606. The number of amides is 1.